The third kappa shape index (κ3) is 3.89. The summed E-state index contributed by atoms with van der Waals surface area (Å²) >= 11 is 0. The fraction of sp³-hybridized carbons (Fsp3) is 0.692. The first kappa shape index (κ1) is 15.7. The van der Waals surface area contributed by atoms with Crippen LogP contribution in [0.4, 0.5) is 18.0 Å². The Bertz CT molecular complexity index is 442. The molecule has 2 amide bonds. The Hall–Kier alpha value is -1.73. The highest BCUT2D eigenvalue weighted by Gasteiger charge is 2.41. The summed E-state index contributed by atoms with van der Waals surface area (Å²) in [5.41, 5.74) is 0. The van der Waals surface area contributed by atoms with Gasteiger partial charge < -0.3 is 15.3 Å². The van der Waals surface area contributed by atoms with Crippen molar-refractivity contribution in [2.45, 2.75) is 31.5 Å². The number of piperidine rings is 1. The molecule has 5 nitrogen and oxygen atoms in total. The van der Waals surface area contributed by atoms with E-state index in [-0.39, 0.29) is 38.4 Å². The summed E-state index contributed by atoms with van der Waals surface area (Å²) in [6.07, 6.45) is -0.974. The molecule has 1 heterocycles. The van der Waals surface area contributed by atoms with Crippen molar-refractivity contribution in [3.63, 3.8) is 0 Å². The normalized spacial score (nSPS) is 26.9. The van der Waals surface area contributed by atoms with Crippen molar-refractivity contribution in [3.8, 4) is 0 Å². The summed E-state index contributed by atoms with van der Waals surface area (Å²) in [6.45, 7) is 0.129. The van der Waals surface area contributed by atoms with Crippen LogP contribution in [-0.2, 0) is 4.79 Å². The largest absolute Gasteiger partial charge is 0.481 e. The number of alkyl halides is 3. The van der Waals surface area contributed by atoms with Crippen LogP contribution < -0.4 is 5.32 Å². The standard InChI is InChI=1S/C13H17F3N2O3/c14-13(15,16)9-3-5-18(6-4-9)12(21)17-10-2-1-8(7-10)11(19)20/h1-2,8-10H,3-7H2,(H,17,21)(H,19,20). The third-order valence-corrected chi connectivity index (χ3v) is 3.95. The number of carbonyl (C=O) groups is 2. The van der Waals surface area contributed by atoms with Crippen molar-refractivity contribution in [1.29, 1.82) is 0 Å². The number of carbonyl (C=O) groups excluding carboxylic acids is 1. The lowest BCUT2D eigenvalue weighted by Crippen LogP contribution is -2.48. The van der Waals surface area contributed by atoms with Gasteiger partial charge in [0.1, 0.15) is 0 Å². The quantitative estimate of drug-likeness (QED) is 0.767. The molecule has 2 rings (SSSR count). The number of nitrogens with one attached hydrogen (secondary N) is 1. The van der Waals surface area contributed by atoms with Crippen molar-refractivity contribution in [2.24, 2.45) is 11.8 Å². The monoisotopic (exact) mass is 306 g/mol. The first-order valence-electron chi connectivity index (χ1n) is 6.80. The number of likely N-dealkylation sites (tertiary alicyclic amines) is 1. The van der Waals surface area contributed by atoms with Crippen molar-refractivity contribution >= 4 is 12.0 Å². The van der Waals surface area contributed by atoms with Crippen LogP contribution >= 0.6 is 0 Å². The Labute approximate surface area is 119 Å². The zero-order valence-electron chi connectivity index (χ0n) is 11.3. The number of aliphatic carboxylic acids is 1. The van der Waals surface area contributed by atoms with Gasteiger partial charge in [0, 0.05) is 13.1 Å². The van der Waals surface area contributed by atoms with Gasteiger partial charge in [0.05, 0.1) is 17.9 Å². The Kier molecular flexibility index (Phi) is 4.43. The molecule has 1 aliphatic heterocycles. The minimum absolute atomic E-state index is 0.0643. The first-order valence-corrected chi connectivity index (χ1v) is 6.80. The summed E-state index contributed by atoms with van der Waals surface area (Å²) in [5, 5.41) is 11.5. The number of carboxylic acid groups (broad SMARTS) is 1. The maximum atomic E-state index is 12.5. The van der Waals surface area contributed by atoms with Crippen LogP contribution in [0.2, 0.25) is 0 Å². The molecule has 118 valence electrons. The molecule has 8 heteroatoms. The number of hydrogen-bond donors (Lipinski definition) is 2. The topological polar surface area (TPSA) is 69.6 Å². The van der Waals surface area contributed by atoms with Gasteiger partial charge >= 0.3 is 18.2 Å². The number of hydrogen-bond acceptors (Lipinski definition) is 2. The number of halogens is 3. The molecule has 0 spiro atoms. The average Bonchev–Trinajstić information content (AvgIpc) is 2.86. The molecule has 0 aromatic heterocycles. The number of rotatable bonds is 2. The van der Waals surface area contributed by atoms with Gasteiger partial charge in [-0.1, -0.05) is 12.2 Å². The number of nitrogens with zero attached hydrogens (tertiary/aromatic N) is 1. The van der Waals surface area contributed by atoms with E-state index >= 15 is 0 Å². The highest BCUT2D eigenvalue weighted by Crippen LogP contribution is 2.34. The van der Waals surface area contributed by atoms with E-state index in [4.69, 9.17) is 5.11 Å². The van der Waals surface area contributed by atoms with E-state index in [2.05, 4.69) is 5.32 Å². The van der Waals surface area contributed by atoms with Gasteiger partial charge in [0.25, 0.3) is 0 Å². The molecule has 2 unspecified atom stereocenters. The minimum atomic E-state index is -4.20. The molecule has 21 heavy (non-hydrogen) atoms. The van der Waals surface area contributed by atoms with E-state index in [1.54, 1.807) is 6.08 Å². The fourth-order valence-electron chi connectivity index (χ4n) is 2.65. The second kappa shape index (κ2) is 5.95. The maximum Gasteiger partial charge on any atom is 0.391 e. The van der Waals surface area contributed by atoms with E-state index in [0.717, 1.165) is 0 Å². The Morgan fingerprint density at radius 1 is 1.19 bits per heavy atom. The first-order chi connectivity index (χ1) is 9.77. The minimum Gasteiger partial charge on any atom is -0.481 e. The Morgan fingerprint density at radius 3 is 2.29 bits per heavy atom. The summed E-state index contributed by atoms with van der Waals surface area (Å²) in [4.78, 5) is 24.1. The van der Waals surface area contributed by atoms with E-state index in [9.17, 15) is 22.8 Å². The highest BCUT2D eigenvalue weighted by molar-refractivity contribution is 5.76. The number of carboxylic acids is 1. The molecule has 0 saturated carbocycles. The summed E-state index contributed by atoms with van der Waals surface area (Å²) < 4.78 is 37.6. The molecule has 1 saturated heterocycles. The van der Waals surface area contributed by atoms with Crippen molar-refractivity contribution in [2.75, 3.05) is 13.1 Å². The molecule has 0 aromatic rings. The van der Waals surface area contributed by atoms with Gasteiger partial charge in [-0.05, 0) is 19.3 Å². The molecule has 2 N–H and O–H groups in total. The SMILES string of the molecule is O=C(O)C1C=CC(NC(=O)N2CCC(C(F)(F)F)CC2)C1. The summed E-state index contributed by atoms with van der Waals surface area (Å²) in [6, 6.07) is -0.810. The van der Waals surface area contributed by atoms with Crippen LogP contribution in [0.1, 0.15) is 19.3 Å². The Morgan fingerprint density at radius 2 is 1.81 bits per heavy atom. The van der Waals surface area contributed by atoms with E-state index in [1.807, 2.05) is 0 Å². The molecule has 0 bridgehead atoms. The molecule has 0 radical (unpaired) electrons. The average molecular weight is 306 g/mol. The van der Waals surface area contributed by atoms with Crippen LogP contribution in [-0.4, -0.2) is 47.3 Å². The Balaban J connectivity index is 1.79. The molecular formula is C13H17F3N2O3. The predicted molar refractivity (Wildman–Crippen MR) is 67.6 cm³/mol. The second-order valence-corrected chi connectivity index (χ2v) is 5.42. The van der Waals surface area contributed by atoms with Crippen LogP contribution in [0.5, 0.6) is 0 Å². The zero-order chi connectivity index (χ0) is 15.6. The van der Waals surface area contributed by atoms with Crippen molar-refractivity contribution in [1.82, 2.24) is 10.2 Å². The maximum absolute atomic E-state index is 12.5. The van der Waals surface area contributed by atoms with Gasteiger partial charge in [-0.3, -0.25) is 4.79 Å². The molecular weight excluding hydrogens is 289 g/mol. The van der Waals surface area contributed by atoms with Gasteiger partial charge in [0.15, 0.2) is 0 Å². The van der Waals surface area contributed by atoms with E-state index < -0.39 is 30.0 Å². The van der Waals surface area contributed by atoms with Gasteiger partial charge in [0.2, 0.25) is 0 Å². The molecule has 0 aromatic carbocycles. The van der Waals surface area contributed by atoms with Crippen molar-refractivity contribution < 1.29 is 27.9 Å². The van der Waals surface area contributed by atoms with E-state index in [0.29, 0.717) is 0 Å². The van der Waals surface area contributed by atoms with E-state index in [1.165, 1.54) is 11.0 Å². The van der Waals surface area contributed by atoms with Gasteiger partial charge in [-0.2, -0.15) is 13.2 Å². The predicted octanol–water partition coefficient (Wildman–Crippen LogP) is 2.00. The molecule has 2 atom stereocenters. The zero-order valence-corrected chi connectivity index (χ0v) is 11.3. The number of amides is 2. The highest BCUT2D eigenvalue weighted by atomic mass is 19.4. The van der Waals surface area contributed by atoms with Crippen LogP contribution in [0, 0.1) is 11.8 Å². The lowest BCUT2D eigenvalue weighted by atomic mass is 9.96. The summed E-state index contributed by atoms with van der Waals surface area (Å²) in [5.74, 6) is -2.91. The number of urea groups is 1. The smallest absolute Gasteiger partial charge is 0.391 e. The fourth-order valence-corrected chi connectivity index (χ4v) is 2.65. The molecule has 1 fully saturated rings. The molecule has 2 aliphatic rings. The van der Waals surface area contributed by atoms with Gasteiger partial charge in [-0.15, -0.1) is 0 Å². The lowest BCUT2D eigenvalue weighted by Gasteiger charge is -2.33. The van der Waals surface area contributed by atoms with Crippen LogP contribution in [0.15, 0.2) is 12.2 Å². The second-order valence-electron chi connectivity index (χ2n) is 5.42. The lowest BCUT2D eigenvalue weighted by molar-refractivity contribution is -0.183. The van der Waals surface area contributed by atoms with Crippen LogP contribution in [0.3, 0.4) is 0 Å². The summed E-state index contributed by atoms with van der Waals surface area (Å²) in [7, 11) is 0. The molecule has 1 aliphatic carbocycles. The van der Waals surface area contributed by atoms with Gasteiger partial charge in [-0.25, -0.2) is 4.79 Å². The van der Waals surface area contributed by atoms with Crippen LogP contribution in [0.25, 0.3) is 0 Å². The third-order valence-electron chi connectivity index (χ3n) is 3.95. The van der Waals surface area contributed by atoms with Crippen molar-refractivity contribution in [3.05, 3.63) is 12.2 Å².